The lowest BCUT2D eigenvalue weighted by atomic mass is 9.95. The third kappa shape index (κ3) is 3.44. The summed E-state index contributed by atoms with van der Waals surface area (Å²) in [4.78, 5) is 14.7. The summed E-state index contributed by atoms with van der Waals surface area (Å²) < 4.78 is 5.80. The van der Waals surface area contributed by atoms with E-state index in [0.29, 0.717) is 24.7 Å². The van der Waals surface area contributed by atoms with E-state index >= 15 is 0 Å². The number of hydrogen-bond acceptors (Lipinski definition) is 5. The van der Waals surface area contributed by atoms with Gasteiger partial charge in [0.05, 0.1) is 0 Å². The molecule has 1 fully saturated rings. The normalized spacial score (nSPS) is 15.3. The zero-order valence-corrected chi connectivity index (χ0v) is 16.4. The molecule has 0 N–H and O–H groups in total. The van der Waals surface area contributed by atoms with Gasteiger partial charge in [-0.3, -0.25) is 14.2 Å². The van der Waals surface area contributed by atoms with Gasteiger partial charge in [0.2, 0.25) is 0 Å². The molecule has 0 bridgehead atoms. The van der Waals surface area contributed by atoms with Gasteiger partial charge in [0, 0.05) is 50.7 Å². The highest BCUT2D eigenvalue weighted by atomic mass is 16.2. The van der Waals surface area contributed by atoms with Gasteiger partial charge in [-0.25, -0.2) is 0 Å². The van der Waals surface area contributed by atoms with Crippen LogP contribution in [0.3, 0.4) is 0 Å². The van der Waals surface area contributed by atoms with Crippen molar-refractivity contribution in [3.05, 3.63) is 48.1 Å². The Balaban J connectivity index is 1.44. The number of nitrogens with zero attached hydrogens (tertiary/aromatic N) is 8. The van der Waals surface area contributed by atoms with E-state index in [0.717, 1.165) is 44.1 Å². The van der Waals surface area contributed by atoms with E-state index in [1.54, 1.807) is 23.1 Å². The van der Waals surface area contributed by atoms with Gasteiger partial charge in [-0.05, 0) is 38.8 Å². The largest absolute Gasteiger partial charge is 0.337 e. The highest BCUT2D eigenvalue weighted by Crippen LogP contribution is 2.28. The molecule has 0 aliphatic carbocycles. The predicted octanol–water partition coefficient (Wildman–Crippen LogP) is 1.78. The SMILES string of the molecule is CCn1nccc1C(=O)N1CCC(c2nnc(Cn3cccn3)n2CC)CC1. The molecule has 9 heteroatoms. The molecule has 0 radical (unpaired) electrons. The molecule has 4 heterocycles. The lowest BCUT2D eigenvalue weighted by Crippen LogP contribution is -2.39. The third-order valence-corrected chi connectivity index (χ3v) is 5.42. The summed E-state index contributed by atoms with van der Waals surface area (Å²) in [5.74, 6) is 2.33. The minimum Gasteiger partial charge on any atom is -0.337 e. The van der Waals surface area contributed by atoms with Crippen LogP contribution in [-0.2, 0) is 19.6 Å². The lowest BCUT2D eigenvalue weighted by Gasteiger charge is -2.31. The maximum absolute atomic E-state index is 12.8. The van der Waals surface area contributed by atoms with Crippen LogP contribution in [0.25, 0.3) is 0 Å². The molecule has 1 aliphatic heterocycles. The molecule has 0 atom stereocenters. The number of aromatic nitrogens is 7. The minimum absolute atomic E-state index is 0.0640. The van der Waals surface area contributed by atoms with E-state index in [9.17, 15) is 4.79 Å². The zero-order chi connectivity index (χ0) is 19.5. The molecule has 1 amide bonds. The van der Waals surface area contributed by atoms with Crippen molar-refractivity contribution in [2.24, 2.45) is 0 Å². The summed E-state index contributed by atoms with van der Waals surface area (Å²) in [6.45, 7) is 7.70. The van der Waals surface area contributed by atoms with Crippen LogP contribution < -0.4 is 0 Å². The van der Waals surface area contributed by atoms with Crippen molar-refractivity contribution in [1.29, 1.82) is 0 Å². The Labute approximate surface area is 164 Å². The van der Waals surface area contributed by atoms with E-state index in [1.807, 2.05) is 28.8 Å². The smallest absolute Gasteiger partial charge is 0.272 e. The monoisotopic (exact) mass is 382 g/mol. The first-order valence-electron chi connectivity index (χ1n) is 9.91. The summed E-state index contributed by atoms with van der Waals surface area (Å²) in [5.41, 5.74) is 0.666. The van der Waals surface area contributed by atoms with Gasteiger partial charge in [0.15, 0.2) is 5.82 Å². The molecular formula is C19H26N8O. The third-order valence-electron chi connectivity index (χ3n) is 5.42. The second-order valence-electron chi connectivity index (χ2n) is 7.02. The Morgan fingerprint density at radius 1 is 1.11 bits per heavy atom. The second-order valence-corrected chi connectivity index (χ2v) is 7.02. The first-order chi connectivity index (χ1) is 13.7. The topological polar surface area (TPSA) is 86.7 Å². The molecule has 1 aliphatic rings. The van der Waals surface area contributed by atoms with E-state index in [1.165, 1.54) is 0 Å². The molecule has 0 unspecified atom stereocenters. The van der Waals surface area contributed by atoms with Gasteiger partial charge < -0.3 is 9.47 Å². The Morgan fingerprint density at radius 2 is 1.93 bits per heavy atom. The highest BCUT2D eigenvalue weighted by Gasteiger charge is 2.29. The van der Waals surface area contributed by atoms with Crippen molar-refractivity contribution >= 4 is 5.91 Å². The van der Waals surface area contributed by atoms with Crippen molar-refractivity contribution in [3.8, 4) is 0 Å². The quantitative estimate of drug-likeness (QED) is 0.649. The Hall–Kier alpha value is -2.97. The Bertz CT molecular complexity index is 918. The van der Waals surface area contributed by atoms with Gasteiger partial charge in [-0.1, -0.05) is 0 Å². The molecule has 0 spiro atoms. The van der Waals surface area contributed by atoms with Crippen LogP contribution in [0.5, 0.6) is 0 Å². The first-order valence-corrected chi connectivity index (χ1v) is 9.91. The van der Waals surface area contributed by atoms with Crippen LogP contribution in [0.15, 0.2) is 30.7 Å². The van der Waals surface area contributed by atoms with Crippen molar-refractivity contribution < 1.29 is 4.79 Å². The van der Waals surface area contributed by atoms with Crippen LogP contribution in [0, 0.1) is 0 Å². The number of rotatable bonds is 6. The number of amides is 1. The number of hydrogen-bond donors (Lipinski definition) is 0. The summed E-state index contributed by atoms with van der Waals surface area (Å²) in [7, 11) is 0. The fraction of sp³-hybridized carbons (Fsp3) is 0.526. The van der Waals surface area contributed by atoms with Gasteiger partial charge in [-0.2, -0.15) is 10.2 Å². The van der Waals surface area contributed by atoms with E-state index in [2.05, 4.69) is 31.9 Å². The minimum atomic E-state index is 0.0640. The van der Waals surface area contributed by atoms with Gasteiger partial charge in [-0.15, -0.1) is 10.2 Å². The maximum Gasteiger partial charge on any atom is 0.272 e. The molecular weight excluding hydrogens is 356 g/mol. The molecule has 148 valence electrons. The Morgan fingerprint density at radius 3 is 2.61 bits per heavy atom. The van der Waals surface area contributed by atoms with Crippen LogP contribution in [0.1, 0.15) is 54.7 Å². The fourth-order valence-corrected chi connectivity index (χ4v) is 3.92. The number of likely N-dealkylation sites (tertiary alicyclic amines) is 1. The molecule has 0 aromatic carbocycles. The number of piperidine rings is 1. The summed E-state index contributed by atoms with van der Waals surface area (Å²) in [5, 5.41) is 17.4. The zero-order valence-electron chi connectivity index (χ0n) is 16.4. The fourth-order valence-electron chi connectivity index (χ4n) is 3.92. The van der Waals surface area contributed by atoms with Crippen molar-refractivity contribution in [3.63, 3.8) is 0 Å². The molecule has 3 aromatic heterocycles. The maximum atomic E-state index is 12.8. The van der Waals surface area contributed by atoms with Crippen LogP contribution in [0.2, 0.25) is 0 Å². The summed E-state index contributed by atoms with van der Waals surface area (Å²) >= 11 is 0. The van der Waals surface area contributed by atoms with Crippen LogP contribution in [-0.4, -0.2) is 58.2 Å². The van der Waals surface area contributed by atoms with E-state index in [4.69, 9.17) is 0 Å². The van der Waals surface area contributed by atoms with Gasteiger partial charge in [0.1, 0.15) is 18.1 Å². The number of aryl methyl sites for hydroxylation is 1. The molecule has 0 saturated carbocycles. The average molecular weight is 382 g/mol. The molecule has 3 aromatic rings. The summed E-state index contributed by atoms with van der Waals surface area (Å²) in [6.07, 6.45) is 7.18. The van der Waals surface area contributed by atoms with Crippen LogP contribution in [0.4, 0.5) is 0 Å². The van der Waals surface area contributed by atoms with E-state index in [-0.39, 0.29) is 5.91 Å². The van der Waals surface area contributed by atoms with Gasteiger partial charge in [0.25, 0.3) is 5.91 Å². The van der Waals surface area contributed by atoms with Crippen molar-refractivity contribution in [1.82, 2.24) is 39.2 Å². The standard InChI is InChI=1S/C19H26N8O/c1-3-26-17(14-25-11-5-9-20-25)22-23-18(26)15-7-12-24(13-8-15)19(28)16-6-10-21-27(16)4-2/h5-6,9-11,15H,3-4,7-8,12-14H2,1-2H3. The van der Waals surface area contributed by atoms with Crippen molar-refractivity contribution in [2.45, 2.75) is 52.2 Å². The van der Waals surface area contributed by atoms with E-state index < -0.39 is 0 Å². The van der Waals surface area contributed by atoms with Gasteiger partial charge >= 0.3 is 0 Å². The average Bonchev–Trinajstić information content (AvgIpc) is 3.48. The summed E-state index contributed by atoms with van der Waals surface area (Å²) in [6, 6.07) is 3.71. The van der Waals surface area contributed by atoms with Crippen LogP contribution >= 0.6 is 0 Å². The molecule has 4 rings (SSSR count). The first kappa shape index (κ1) is 18.4. The molecule has 1 saturated heterocycles. The lowest BCUT2D eigenvalue weighted by molar-refractivity contribution is 0.0697. The highest BCUT2D eigenvalue weighted by molar-refractivity contribution is 5.92. The molecule has 9 nitrogen and oxygen atoms in total. The molecule has 28 heavy (non-hydrogen) atoms. The number of carbonyl (C=O) groups excluding carboxylic acids is 1. The Kier molecular flexibility index (Phi) is 5.23. The predicted molar refractivity (Wildman–Crippen MR) is 103 cm³/mol. The van der Waals surface area contributed by atoms with Crippen molar-refractivity contribution in [2.75, 3.05) is 13.1 Å². The second kappa shape index (κ2) is 7.95. The number of carbonyl (C=O) groups is 1.